The molecule has 0 aliphatic heterocycles. The van der Waals surface area contributed by atoms with Gasteiger partial charge in [-0.1, -0.05) is 25.4 Å². The smallest absolute Gasteiger partial charge is 0.313 e. The Morgan fingerprint density at radius 1 is 1.40 bits per heavy atom. The summed E-state index contributed by atoms with van der Waals surface area (Å²) < 4.78 is 10.3. The molecule has 0 atom stereocenters. The first-order chi connectivity index (χ1) is 9.51. The molecule has 20 heavy (non-hydrogen) atoms. The number of hydrogen-bond donors (Lipinski definition) is 1. The monoisotopic (exact) mass is 295 g/mol. The minimum absolute atomic E-state index is 0.0690. The van der Waals surface area contributed by atoms with Crippen LogP contribution in [0.1, 0.15) is 36.3 Å². The lowest BCUT2D eigenvalue weighted by Crippen LogP contribution is -2.12. The molecule has 0 aliphatic rings. The van der Waals surface area contributed by atoms with E-state index in [1.54, 1.807) is 18.2 Å². The Kier molecular flexibility index (Phi) is 4.24. The molecule has 2 aromatic rings. The molecule has 0 aliphatic carbocycles. The van der Waals surface area contributed by atoms with Crippen molar-refractivity contribution in [3.05, 3.63) is 35.0 Å². The highest BCUT2D eigenvalue weighted by molar-refractivity contribution is 6.32. The first-order valence-electron chi connectivity index (χ1n) is 5.99. The Morgan fingerprint density at radius 3 is 2.70 bits per heavy atom. The number of carbonyl (C=O) groups excluding carboxylic acids is 1. The summed E-state index contributed by atoms with van der Waals surface area (Å²) in [5.41, 5.74) is 0.519. The zero-order valence-electron chi connectivity index (χ0n) is 11.3. The van der Waals surface area contributed by atoms with Gasteiger partial charge in [-0.05, 0) is 18.2 Å². The number of amides is 1. The average Bonchev–Trinajstić information content (AvgIpc) is 2.88. The molecule has 0 unspecified atom stereocenters. The summed E-state index contributed by atoms with van der Waals surface area (Å²) >= 11 is 5.98. The van der Waals surface area contributed by atoms with Gasteiger partial charge in [0.2, 0.25) is 5.89 Å². The van der Waals surface area contributed by atoms with Gasteiger partial charge < -0.3 is 14.5 Å². The van der Waals surface area contributed by atoms with E-state index in [4.69, 9.17) is 20.8 Å². The van der Waals surface area contributed by atoms with Crippen molar-refractivity contribution in [1.82, 2.24) is 10.2 Å². The Bertz CT molecular complexity index is 625. The molecule has 106 valence electrons. The number of carbonyl (C=O) groups is 1. The highest BCUT2D eigenvalue weighted by Crippen LogP contribution is 2.27. The molecule has 1 heterocycles. The maximum atomic E-state index is 11.9. The molecule has 6 nitrogen and oxygen atoms in total. The predicted molar refractivity (Wildman–Crippen MR) is 74.3 cm³/mol. The Hall–Kier alpha value is -2.08. The summed E-state index contributed by atoms with van der Waals surface area (Å²) in [7, 11) is 1.52. The molecule has 7 heteroatoms. The van der Waals surface area contributed by atoms with Crippen molar-refractivity contribution in [3.8, 4) is 5.75 Å². The third kappa shape index (κ3) is 3.08. The van der Waals surface area contributed by atoms with Crippen molar-refractivity contribution in [2.24, 2.45) is 0 Å². The molecule has 1 N–H and O–H groups in total. The number of anilines is 1. The van der Waals surface area contributed by atoms with E-state index in [0.29, 0.717) is 22.4 Å². The second kappa shape index (κ2) is 5.92. The molecule has 1 amide bonds. The van der Waals surface area contributed by atoms with E-state index in [1.807, 2.05) is 13.8 Å². The van der Waals surface area contributed by atoms with Crippen molar-refractivity contribution in [3.63, 3.8) is 0 Å². The number of ether oxygens (including phenoxy) is 1. The summed E-state index contributed by atoms with van der Waals surface area (Å²) in [6.45, 7) is 3.80. The fourth-order valence-corrected chi connectivity index (χ4v) is 1.75. The fourth-order valence-electron chi connectivity index (χ4n) is 1.49. The molecule has 0 bridgehead atoms. The van der Waals surface area contributed by atoms with Crippen molar-refractivity contribution in [2.45, 2.75) is 19.8 Å². The lowest BCUT2D eigenvalue weighted by atomic mass is 10.2. The van der Waals surface area contributed by atoms with Crippen LogP contribution in [0.5, 0.6) is 5.75 Å². The summed E-state index contributed by atoms with van der Waals surface area (Å²) in [5, 5.41) is 10.5. The maximum absolute atomic E-state index is 11.9. The molecule has 0 fully saturated rings. The normalized spacial score (nSPS) is 10.7. The van der Waals surface area contributed by atoms with Crippen molar-refractivity contribution < 1.29 is 13.9 Å². The van der Waals surface area contributed by atoms with Crippen LogP contribution in [0, 0.1) is 0 Å². The SMILES string of the molecule is COc1ccc(NC(=O)c2nnc(C(C)C)o2)cc1Cl. The van der Waals surface area contributed by atoms with Gasteiger partial charge in [-0.15, -0.1) is 10.2 Å². The van der Waals surface area contributed by atoms with Crippen LogP contribution in [0.2, 0.25) is 5.02 Å². The number of halogens is 1. The second-order valence-corrected chi connectivity index (χ2v) is 4.81. The van der Waals surface area contributed by atoms with E-state index >= 15 is 0 Å². The van der Waals surface area contributed by atoms with Gasteiger partial charge >= 0.3 is 11.8 Å². The standard InChI is InChI=1S/C13H14ClN3O3/c1-7(2)12-16-17-13(20-12)11(18)15-8-4-5-10(19-3)9(14)6-8/h4-7H,1-3H3,(H,15,18). The molecule has 0 saturated heterocycles. The van der Waals surface area contributed by atoms with E-state index in [9.17, 15) is 4.79 Å². The van der Waals surface area contributed by atoms with Crippen LogP contribution in [0.25, 0.3) is 0 Å². The summed E-state index contributed by atoms with van der Waals surface area (Å²) in [4.78, 5) is 11.9. The number of nitrogens with zero attached hydrogens (tertiary/aromatic N) is 2. The minimum Gasteiger partial charge on any atom is -0.495 e. The van der Waals surface area contributed by atoms with Gasteiger partial charge in [0.15, 0.2) is 0 Å². The number of nitrogens with one attached hydrogen (secondary N) is 1. The zero-order chi connectivity index (χ0) is 14.7. The van der Waals surface area contributed by atoms with Gasteiger partial charge in [0.05, 0.1) is 12.1 Å². The van der Waals surface area contributed by atoms with E-state index in [0.717, 1.165) is 0 Å². The van der Waals surface area contributed by atoms with Crippen LogP contribution in [-0.4, -0.2) is 23.2 Å². The number of hydrogen-bond acceptors (Lipinski definition) is 5. The van der Waals surface area contributed by atoms with Crippen molar-refractivity contribution in [1.29, 1.82) is 0 Å². The fraction of sp³-hybridized carbons (Fsp3) is 0.308. The molecule has 0 radical (unpaired) electrons. The largest absolute Gasteiger partial charge is 0.495 e. The van der Waals surface area contributed by atoms with Crippen LogP contribution in [0.4, 0.5) is 5.69 Å². The number of aromatic nitrogens is 2. The minimum atomic E-state index is -0.481. The van der Waals surface area contributed by atoms with E-state index in [1.165, 1.54) is 7.11 Å². The van der Waals surface area contributed by atoms with E-state index in [-0.39, 0.29) is 11.8 Å². The molecular formula is C13H14ClN3O3. The first-order valence-corrected chi connectivity index (χ1v) is 6.37. The third-order valence-electron chi connectivity index (χ3n) is 2.54. The number of benzene rings is 1. The van der Waals surface area contributed by atoms with Crippen LogP contribution < -0.4 is 10.1 Å². The van der Waals surface area contributed by atoms with Crippen LogP contribution in [-0.2, 0) is 0 Å². The maximum Gasteiger partial charge on any atom is 0.313 e. The summed E-state index contributed by atoms with van der Waals surface area (Å²) in [6, 6.07) is 4.91. The Labute approximate surface area is 121 Å². The molecule has 1 aromatic carbocycles. The number of methoxy groups -OCH3 is 1. The lowest BCUT2D eigenvalue weighted by molar-refractivity contribution is 0.0988. The second-order valence-electron chi connectivity index (χ2n) is 4.40. The first kappa shape index (κ1) is 14.3. The van der Waals surface area contributed by atoms with Gasteiger partial charge in [0.1, 0.15) is 5.75 Å². The molecule has 0 saturated carbocycles. The molecular weight excluding hydrogens is 282 g/mol. The van der Waals surface area contributed by atoms with Gasteiger partial charge in [0.25, 0.3) is 0 Å². The van der Waals surface area contributed by atoms with E-state index in [2.05, 4.69) is 15.5 Å². The highest BCUT2D eigenvalue weighted by Gasteiger charge is 2.17. The number of rotatable bonds is 4. The highest BCUT2D eigenvalue weighted by atomic mass is 35.5. The van der Waals surface area contributed by atoms with Gasteiger partial charge in [-0.25, -0.2) is 0 Å². The van der Waals surface area contributed by atoms with Crippen LogP contribution in [0.3, 0.4) is 0 Å². The van der Waals surface area contributed by atoms with Crippen LogP contribution >= 0.6 is 11.6 Å². The summed E-state index contributed by atoms with van der Waals surface area (Å²) in [6.07, 6.45) is 0. The third-order valence-corrected chi connectivity index (χ3v) is 2.83. The van der Waals surface area contributed by atoms with Gasteiger partial charge in [0, 0.05) is 11.6 Å². The molecule has 1 aromatic heterocycles. The summed E-state index contributed by atoms with van der Waals surface area (Å²) in [5.74, 6) is 0.457. The van der Waals surface area contributed by atoms with Crippen molar-refractivity contribution in [2.75, 3.05) is 12.4 Å². The Balaban J connectivity index is 2.12. The topological polar surface area (TPSA) is 77.2 Å². The van der Waals surface area contributed by atoms with Crippen molar-refractivity contribution >= 4 is 23.2 Å². The zero-order valence-corrected chi connectivity index (χ0v) is 12.1. The molecule has 2 rings (SSSR count). The van der Waals surface area contributed by atoms with Gasteiger partial charge in [-0.2, -0.15) is 0 Å². The van der Waals surface area contributed by atoms with E-state index < -0.39 is 5.91 Å². The average molecular weight is 296 g/mol. The van der Waals surface area contributed by atoms with Gasteiger partial charge in [-0.3, -0.25) is 4.79 Å². The predicted octanol–water partition coefficient (Wildman–Crippen LogP) is 3.11. The molecule has 0 spiro atoms. The quantitative estimate of drug-likeness (QED) is 0.937. The van der Waals surface area contributed by atoms with Crippen LogP contribution in [0.15, 0.2) is 22.6 Å². The lowest BCUT2D eigenvalue weighted by Gasteiger charge is -2.06. The Morgan fingerprint density at radius 2 is 2.15 bits per heavy atom.